The quantitative estimate of drug-likeness (QED) is 0.518. The molecule has 0 bridgehead atoms. The van der Waals surface area contributed by atoms with Gasteiger partial charge in [-0.3, -0.25) is 0 Å². The highest BCUT2D eigenvalue weighted by Crippen LogP contribution is 2.23. The van der Waals surface area contributed by atoms with Gasteiger partial charge < -0.3 is 20.3 Å². The average Bonchev–Trinajstić information content (AvgIpc) is 2.67. The molecule has 4 rings (SSSR count). The van der Waals surface area contributed by atoms with E-state index in [-0.39, 0.29) is 24.8 Å². The van der Waals surface area contributed by atoms with Crippen molar-refractivity contribution in [1.29, 1.82) is 0 Å². The molecule has 1 aromatic heterocycles. The van der Waals surface area contributed by atoms with Crippen molar-refractivity contribution in [1.82, 2.24) is 15.0 Å². The van der Waals surface area contributed by atoms with Crippen molar-refractivity contribution in [2.24, 2.45) is 0 Å². The molecule has 1 saturated heterocycles. The Morgan fingerprint density at radius 1 is 0.656 bits per heavy atom. The van der Waals surface area contributed by atoms with Crippen LogP contribution in [0.5, 0.6) is 0 Å². The van der Waals surface area contributed by atoms with Crippen LogP contribution in [0.3, 0.4) is 0 Å². The van der Waals surface area contributed by atoms with Crippen molar-refractivity contribution < 1.29 is 4.74 Å². The Balaban J connectivity index is 0.00000181. The lowest BCUT2D eigenvalue weighted by atomic mass is 10.1. The third-order valence-electron chi connectivity index (χ3n) is 4.87. The molecule has 0 spiro atoms. The molecule has 0 amide bonds. The number of ether oxygens (including phenoxy) is 1. The summed E-state index contributed by atoms with van der Waals surface area (Å²) in [5.41, 5.74) is 6.68. The molecule has 0 saturated carbocycles. The Labute approximate surface area is 201 Å². The van der Waals surface area contributed by atoms with Crippen molar-refractivity contribution in [2.75, 3.05) is 41.8 Å². The predicted octanol–water partition coefficient (Wildman–Crippen LogP) is 5.27. The van der Waals surface area contributed by atoms with Crippen LogP contribution in [-0.4, -0.2) is 41.3 Å². The molecular weight excluding hydrogens is 447 g/mol. The van der Waals surface area contributed by atoms with E-state index in [0.717, 1.165) is 24.5 Å². The predicted molar refractivity (Wildman–Crippen MR) is 136 cm³/mol. The molecule has 7 nitrogen and oxygen atoms in total. The fraction of sp³-hybridized carbons (Fsp3) is 0.348. The first-order valence-corrected chi connectivity index (χ1v) is 10.2. The summed E-state index contributed by atoms with van der Waals surface area (Å²) in [7, 11) is 0. The van der Waals surface area contributed by atoms with Crippen LogP contribution >= 0.6 is 24.8 Å². The molecular formula is C23H30Cl2N6O. The second kappa shape index (κ2) is 11.3. The molecule has 2 N–H and O–H groups in total. The molecule has 3 aromatic rings. The normalized spacial score (nSPS) is 13.1. The first-order chi connectivity index (χ1) is 14.4. The van der Waals surface area contributed by atoms with Crippen LogP contribution in [0.15, 0.2) is 36.4 Å². The van der Waals surface area contributed by atoms with Crippen LogP contribution in [-0.2, 0) is 4.74 Å². The number of benzene rings is 2. The monoisotopic (exact) mass is 476 g/mol. The summed E-state index contributed by atoms with van der Waals surface area (Å²) >= 11 is 0. The third kappa shape index (κ3) is 6.69. The molecule has 1 aliphatic heterocycles. The first kappa shape index (κ1) is 25.6. The van der Waals surface area contributed by atoms with Crippen LogP contribution in [0.4, 0.5) is 29.2 Å². The van der Waals surface area contributed by atoms with Crippen LogP contribution in [0, 0.1) is 27.7 Å². The second-order valence-corrected chi connectivity index (χ2v) is 7.88. The Morgan fingerprint density at radius 2 is 1.06 bits per heavy atom. The largest absolute Gasteiger partial charge is 0.378 e. The number of halogens is 2. The molecule has 9 heteroatoms. The van der Waals surface area contributed by atoms with E-state index < -0.39 is 0 Å². The molecule has 172 valence electrons. The minimum Gasteiger partial charge on any atom is -0.378 e. The smallest absolute Gasteiger partial charge is 0.233 e. The van der Waals surface area contributed by atoms with Gasteiger partial charge in [-0.15, -0.1) is 24.8 Å². The SMILES string of the molecule is Cc1cc(C)cc(Nc2nc(Nc3cc(C)cc(C)c3)nc(N3CCOCC3)n2)c1.Cl.Cl. The van der Waals surface area contributed by atoms with E-state index in [2.05, 4.69) is 94.6 Å². The maximum atomic E-state index is 5.48. The highest BCUT2D eigenvalue weighted by Gasteiger charge is 2.17. The summed E-state index contributed by atoms with van der Waals surface area (Å²) in [5.74, 6) is 1.68. The molecule has 0 unspecified atom stereocenters. The van der Waals surface area contributed by atoms with Gasteiger partial charge in [0.1, 0.15) is 0 Å². The van der Waals surface area contributed by atoms with Gasteiger partial charge in [0.25, 0.3) is 0 Å². The number of aryl methyl sites for hydroxylation is 4. The Bertz CT molecular complexity index is 944. The number of nitrogens with one attached hydrogen (secondary N) is 2. The van der Waals surface area contributed by atoms with E-state index in [1.54, 1.807) is 0 Å². The van der Waals surface area contributed by atoms with E-state index in [9.17, 15) is 0 Å². The number of aromatic nitrogens is 3. The molecule has 0 atom stereocenters. The van der Waals surface area contributed by atoms with Gasteiger partial charge in [-0.2, -0.15) is 15.0 Å². The summed E-state index contributed by atoms with van der Waals surface area (Å²) in [6.07, 6.45) is 0. The lowest BCUT2D eigenvalue weighted by Crippen LogP contribution is -2.37. The molecule has 1 fully saturated rings. The minimum atomic E-state index is 0. The average molecular weight is 477 g/mol. The molecule has 1 aliphatic rings. The zero-order valence-corrected chi connectivity index (χ0v) is 20.4. The van der Waals surface area contributed by atoms with E-state index in [1.807, 2.05) is 0 Å². The van der Waals surface area contributed by atoms with Crippen molar-refractivity contribution in [3.05, 3.63) is 58.7 Å². The summed E-state index contributed by atoms with van der Waals surface area (Å²) in [4.78, 5) is 16.1. The fourth-order valence-electron chi connectivity index (χ4n) is 3.73. The van der Waals surface area contributed by atoms with Crippen LogP contribution in [0.25, 0.3) is 0 Å². The molecule has 2 heterocycles. The van der Waals surface area contributed by atoms with Gasteiger partial charge in [0.2, 0.25) is 17.8 Å². The van der Waals surface area contributed by atoms with Gasteiger partial charge in [-0.1, -0.05) is 12.1 Å². The van der Waals surface area contributed by atoms with Crippen LogP contribution < -0.4 is 15.5 Å². The zero-order chi connectivity index (χ0) is 21.1. The lowest BCUT2D eigenvalue weighted by Gasteiger charge is -2.27. The van der Waals surface area contributed by atoms with Crippen LogP contribution in [0.1, 0.15) is 22.3 Å². The van der Waals surface area contributed by atoms with Crippen molar-refractivity contribution in [3.63, 3.8) is 0 Å². The Morgan fingerprint density at radius 3 is 1.47 bits per heavy atom. The molecule has 0 aliphatic carbocycles. The van der Waals surface area contributed by atoms with Crippen molar-refractivity contribution in [2.45, 2.75) is 27.7 Å². The highest BCUT2D eigenvalue weighted by atomic mass is 35.5. The maximum Gasteiger partial charge on any atom is 0.233 e. The van der Waals surface area contributed by atoms with E-state index >= 15 is 0 Å². The summed E-state index contributed by atoms with van der Waals surface area (Å²) in [6.45, 7) is 11.2. The van der Waals surface area contributed by atoms with Gasteiger partial charge in [-0.05, 0) is 74.2 Å². The minimum absolute atomic E-state index is 0. The topological polar surface area (TPSA) is 75.2 Å². The van der Waals surface area contributed by atoms with E-state index in [0.29, 0.717) is 31.1 Å². The maximum absolute atomic E-state index is 5.48. The van der Waals surface area contributed by atoms with Gasteiger partial charge in [-0.25, -0.2) is 0 Å². The number of hydrogen-bond donors (Lipinski definition) is 2. The Kier molecular flexibility index (Phi) is 9.07. The fourth-order valence-corrected chi connectivity index (χ4v) is 3.73. The van der Waals surface area contributed by atoms with Gasteiger partial charge in [0.15, 0.2) is 0 Å². The molecule has 32 heavy (non-hydrogen) atoms. The van der Waals surface area contributed by atoms with Crippen LogP contribution in [0.2, 0.25) is 0 Å². The van der Waals surface area contributed by atoms with Crippen molar-refractivity contribution >= 4 is 54.0 Å². The zero-order valence-electron chi connectivity index (χ0n) is 18.8. The summed E-state index contributed by atoms with van der Waals surface area (Å²) in [6, 6.07) is 12.6. The number of rotatable bonds is 5. The van der Waals surface area contributed by atoms with Crippen molar-refractivity contribution in [3.8, 4) is 0 Å². The van der Waals surface area contributed by atoms with Gasteiger partial charge in [0, 0.05) is 24.5 Å². The second-order valence-electron chi connectivity index (χ2n) is 7.88. The first-order valence-electron chi connectivity index (χ1n) is 10.2. The third-order valence-corrected chi connectivity index (χ3v) is 4.87. The number of hydrogen-bond acceptors (Lipinski definition) is 7. The Hall–Kier alpha value is -2.61. The summed E-state index contributed by atoms with van der Waals surface area (Å²) in [5, 5.41) is 6.71. The molecule has 2 aromatic carbocycles. The van der Waals surface area contributed by atoms with E-state index in [4.69, 9.17) is 4.74 Å². The highest BCUT2D eigenvalue weighted by molar-refractivity contribution is 5.85. The standard InChI is InChI=1S/C23H28N6O.2ClH/c1-15-9-16(2)12-19(11-15)24-21-26-22(25-20-13-17(3)10-18(4)14-20)28-23(27-21)29-5-7-30-8-6-29;;/h9-14H,5-8H2,1-4H3,(H2,24,25,26,27,28);2*1H. The molecule has 0 radical (unpaired) electrons. The number of nitrogens with zero attached hydrogens (tertiary/aromatic N) is 4. The number of anilines is 5. The summed E-state index contributed by atoms with van der Waals surface area (Å²) < 4.78 is 5.48. The number of morpholine rings is 1. The van der Waals surface area contributed by atoms with E-state index in [1.165, 1.54) is 22.3 Å². The van der Waals surface area contributed by atoms with Gasteiger partial charge in [0.05, 0.1) is 13.2 Å². The van der Waals surface area contributed by atoms with Gasteiger partial charge >= 0.3 is 0 Å². The lowest BCUT2D eigenvalue weighted by molar-refractivity contribution is 0.122.